The summed E-state index contributed by atoms with van der Waals surface area (Å²) in [5.74, 6) is -5.03. The molecule has 1 aromatic heterocycles. The van der Waals surface area contributed by atoms with Crippen molar-refractivity contribution in [3.05, 3.63) is 71.5 Å². The molecule has 3 aromatic rings. The number of benzene rings is 2. The molecule has 0 bridgehead atoms. The fourth-order valence-electron chi connectivity index (χ4n) is 3.89. The van der Waals surface area contributed by atoms with Gasteiger partial charge in [0.05, 0.1) is 25.3 Å². The first-order valence-corrected chi connectivity index (χ1v) is 14.0. The van der Waals surface area contributed by atoms with E-state index in [0.717, 1.165) is 0 Å². The van der Waals surface area contributed by atoms with E-state index in [0.29, 0.717) is 18.5 Å². The Kier molecular flexibility index (Phi) is 12.5. The van der Waals surface area contributed by atoms with Gasteiger partial charge in [-0.2, -0.15) is 0 Å². The minimum Gasteiger partial charge on any atom is -0.481 e. The summed E-state index contributed by atoms with van der Waals surface area (Å²) in [6.07, 6.45) is 2.17. The van der Waals surface area contributed by atoms with Gasteiger partial charge in [-0.1, -0.05) is 29.5 Å². The van der Waals surface area contributed by atoms with Crippen LogP contribution in [0.3, 0.4) is 0 Å². The first-order valence-electron chi connectivity index (χ1n) is 14.0. The molecule has 0 atom stereocenters. The van der Waals surface area contributed by atoms with Gasteiger partial charge in [0.25, 0.3) is 0 Å². The van der Waals surface area contributed by atoms with Gasteiger partial charge in [0.1, 0.15) is 41.3 Å². The molecule has 0 aliphatic rings. The Hall–Kier alpha value is -5.60. The monoisotopic (exact) mass is 639 g/mol. The Labute approximate surface area is 263 Å². The standard InChI is InChI=1S/C31H33N3O12/c1-20(35)45-25-12-6-4-10-23(25)28(39)43-18-31(3,19-44-29(40)24-11-5-7-13-26(24)46-21(2)36)30(41)42-16-8-9-22-17-34(33-32-22)15-14-27(37)38/h4-7,10-13,17H,8-9,14-16,18-19H2,1-3H3,(H,37,38). The molecule has 2 aromatic carbocycles. The van der Waals surface area contributed by atoms with Gasteiger partial charge < -0.3 is 28.8 Å². The Morgan fingerprint density at radius 1 is 0.804 bits per heavy atom. The molecule has 0 spiro atoms. The highest BCUT2D eigenvalue weighted by atomic mass is 16.6. The molecule has 0 radical (unpaired) electrons. The van der Waals surface area contributed by atoms with Crippen molar-refractivity contribution in [1.82, 2.24) is 15.0 Å². The predicted molar refractivity (Wildman–Crippen MR) is 156 cm³/mol. The number of aryl methyl sites for hydroxylation is 2. The van der Waals surface area contributed by atoms with Crippen molar-refractivity contribution in [3.63, 3.8) is 0 Å². The topological polar surface area (TPSA) is 200 Å². The Morgan fingerprint density at radius 2 is 1.33 bits per heavy atom. The molecule has 1 heterocycles. The van der Waals surface area contributed by atoms with Gasteiger partial charge in [-0.05, 0) is 44.0 Å². The molecule has 46 heavy (non-hydrogen) atoms. The summed E-state index contributed by atoms with van der Waals surface area (Å²) in [4.78, 5) is 72.9. The number of aromatic nitrogens is 3. The summed E-state index contributed by atoms with van der Waals surface area (Å²) in [5, 5.41) is 16.6. The fraction of sp³-hybridized carbons (Fsp3) is 0.355. The first kappa shape index (κ1) is 34.9. The summed E-state index contributed by atoms with van der Waals surface area (Å²) in [6, 6.07) is 11.7. The van der Waals surface area contributed by atoms with Gasteiger partial charge in [0, 0.05) is 20.0 Å². The molecule has 244 valence electrons. The van der Waals surface area contributed by atoms with Gasteiger partial charge in [0.15, 0.2) is 0 Å². The maximum absolute atomic E-state index is 13.3. The van der Waals surface area contributed by atoms with Gasteiger partial charge in [-0.25, -0.2) is 9.59 Å². The minimum absolute atomic E-state index is 0.0438. The van der Waals surface area contributed by atoms with Crippen LogP contribution in [0.2, 0.25) is 0 Å². The number of nitrogens with zero attached hydrogens (tertiary/aromatic N) is 3. The third-order valence-electron chi connectivity index (χ3n) is 6.21. The molecule has 0 saturated carbocycles. The van der Waals surface area contributed by atoms with Crippen LogP contribution < -0.4 is 9.47 Å². The third-order valence-corrected chi connectivity index (χ3v) is 6.21. The van der Waals surface area contributed by atoms with Crippen molar-refractivity contribution in [2.75, 3.05) is 19.8 Å². The number of esters is 5. The number of carboxylic acid groups (broad SMARTS) is 1. The minimum atomic E-state index is -1.70. The molecule has 15 heteroatoms. The molecular formula is C31H33N3O12. The van der Waals surface area contributed by atoms with Crippen LogP contribution >= 0.6 is 0 Å². The van der Waals surface area contributed by atoms with Crippen molar-refractivity contribution in [2.24, 2.45) is 5.41 Å². The lowest BCUT2D eigenvalue weighted by molar-refractivity contribution is -0.160. The van der Waals surface area contributed by atoms with Gasteiger partial charge in [-0.3, -0.25) is 23.9 Å². The zero-order valence-corrected chi connectivity index (χ0v) is 25.4. The van der Waals surface area contributed by atoms with Crippen molar-refractivity contribution >= 4 is 35.8 Å². The lowest BCUT2D eigenvalue weighted by Crippen LogP contribution is -2.40. The molecule has 0 amide bonds. The maximum Gasteiger partial charge on any atom is 0.341 e. The number of hydrogen-bond acceptors (Lipinski definition) is 13. The number of carbonyl (C=O) groups is 6. The number of ether oxygens (including phenoxy) is 5. The fourth-order valence-corrected chi connectivity index (χ4v) is 3.89. The second-order valence-electron chi connectivity index (χ2n) is 10.2. The molecule has 15 nitrogen and oxygen atoms in total. The van der Waals surface area contributed by atoms with Crippen molar-refractivity contribution in [3.8, 4) is 11.5 Å². The molecule has 0 unspecified atom stereocenters. The second kappa shape index (κ2) is 16.5. The van der Waals surface area contributed by atoms with E-state index >= 15 is 0 Å². The summed E-state index contributed by atoms with van der Waals surface area (Å²) in [6.45, 7) is 2.62. The number of para-hydroxylation sites is 2. The Morgan fingerprint density at radius 3 is 1.83 bits per heavy atom. The van der Waals surface area contributed by atoms with Gasteiger partial charge in [-0.15, -0.1) is 5.10 Å². The summed E-state index contributed by atoms with van der Waals surface area (Å²) >= 11 is 0. The largest absolute Gasteiger partial charge is 0.481 e. The molecule has 0 aliphatic carbocycles. The van der Waals surface area contributed by atoms with Crippen molar-refractivity contribution in [2.45, 2.75) is 46.6 Å². The highest BCUT2D eigenvalue weighted by Crippen LogP contribution is 2.26. The van der Waals surface area contributed by atoms with Crippen molar-refractivity contribution in [1.29, 1.82) is 0 Å². The lowest BCUT2D eigenvalue weighted by Gasteiger charge is -2.26. The highest BCUT2D eigenvalue weighted by molar-refractivity contribution is 5.94. The van der Waals surface area contributed by atoms with Gasteiger partial charge >= 0.3 is 35.8 Å². The van der Waals surface area contributed by atoms with Crippen LogP contribution in [-0.2, 0) is 46.4 Å². The SMILES string of the molecule is CC(=O)Oc1ccccc1C(=O)OCC(C)(COC(=O)c1ccccc1OC(C)=O)C(=O)OCCCc1cn(CCC(=O)O)nn1. The average molecular weight is 640 g/mol. The van der Waals surface area contributed by atoms with E-state index in [9.17, 15) is 28.8 Å². The third kappa shape index (κ3) is 10.5. The van der Waals surface area contributed by atoms with Crippen LogP contribution in [0.25, 0.3) is 0 Å². The smallest absolute Gasteiger partial charge is 0.341 e. The van der Waals surface area contributed by atoms with Crippen LogP contribution in [0.15, 0.2) is 54.7 Å². The van der Waals surface area contributed by atoms with Gasteiger partial charge in [0.2, 0.25) is 0 Å². The lowest BCUT2D eigenvalue weighted by atomic mass is 9.93. The van der Waals surface area contributed by atoms with Crippen LogP contribution in [-0.4, -0.2) is 75.7 Å². The van der Waals surface area contributed by atoms with E-state index in [1.54, 1.807) is 18.3 Å². The van der Waals surface area contributed by atoms with Crippen LogP contribution in [0.5, 0.6) is 11.5 Å². The maximum atomic E-state index is 13.3. The van der Waals surface area contributed by atoms with E-state index in [1.807, 2.05) is 0 Å². The molecule has 0 fully saturated rings. The summed E-state index contributed by atoms with van der Waals surface area (Å²) in [5.41, 5.74) is -1.28. The molecule has 1 N–H and O–H groups in total. The molecular weight excluding hydrogens is 606 g/mol. The summed E-state index contributed by atoms with van der Waals surface area (Å²) in [7, 11) is 0. The van der Waals surface area contributed by atoms with E-state index < -0.39 is 54.4 Å². The Bertz CT molecular complexity index is 1510. The first-order chi connectivity index (χ1) is 21.9. The average Bonchev–Trinajstić information content (AvgIpc) is 3.47. The zero-order chi connectivity index (χ0) is 33.7. The molecule has 3 rings (SSSR count). The predicted octanol–water partition coefficient (Wildman–Crippen LogP) is 2.80. The number of hydrogen-bond donors (Lipinski definition) is 1. The summed E-state index contributed by atoms with van der Waals surface area (Å²) < 4.78 is 27.8. The van der Waals surface area contributed by atoms with Crippen LogP contribution in [0.4, 0.5) is 0 Å². The van der Waals surface area contributed by atoms with E-state index in [4.69, 9.17) is 28.8 Å². The van der Waals surface area contributed by atoms with Crippen molar-refractivity contribution < 1.29 is 57.6 Å². The molecule has 0 aliphatic heterocycles. The highest BCUT2D eigenvalue weighted by Gasteiger charge is 2.39. The van der Waals surface area contributed by atoms with E-state index in [-0.39, 0.29) is 42.2 Å². The molecule has 0 saturated heterocycles. The van der Waals surface area contributed by atoms with E-state index in [1.165, 1.54) is 61.9 Å². The Balaban J connectivity index is 1.70. The number of carbonyl (C=O) groups excluding carboxylic acids is 5. The quantitative estimate of drug-likeness (QED) is 0.104. The number of rotatable bonds is 16. The zero-order valence-electron chi connectivity index (χ0n) is 25.4. The normalized spacial score (nSPS) is 10.8. The number of aliphatic carboxylic acids is 1. The number of carboxylic acids is 1. The van der Waals surface area contributed by atoms with E-state index in [2.05, 4.69) is 10.3 Å². The van der Waals surface area contributed by atoms with Crippen LogP contribution in [0, 0.1) is 5.41 Å². The second-order valence-corrected chi connectivity index (χ2v) is 10.2. The van der Waals surface area contributed by atoms with Crippen LogP contribution in [0.1, 0.15) is 60.0 Å².